The lowest BCUT2D eigenvalue weighted by atomic mass is 10.2. The molecule has 0 saturated carbocycles. The van der Waals surface area contributed by atoms with Gasteiger partial charge in [0.05, 0.1) is 12.2 Å². The normalized spacial score (nSPS) is 10.6. The lowest BCUT2D eigenvalue weighted by Crippen LogP contribution is -2.11. The molecule has 0 bridgehead atoms. The van der Waals surface area contributed by atoms with Crippen LogP contribution in [0.15, 0.2) is 54.6 Å². The summed E-state index contributed by atoms with van der Waals surface area (Å²) in [5.74, 6) is 1.21. The molecule has 8 heteroatoms. The number of hydrogen-bond donors (Lipinski definition) is 2. The topological polar surface area (TPSA) is 112 Å². The molecule has 0 fully saturated rings. The third-order valence-corrected chi connectivity index (χ3v) is 3.73. The lowest BCUT2D eigenvalue weighted by molar-refractivity contribution is 0.0462. The third kappa shape index (κ3) is 6.17. The van der Waals surface area contributed by atoms with Crippen molar-refractivity contribution >= 4 is 23.6 Å². The molecule has 3 N–H and O–H groups in total. The van der Waals surface area contributed by atoms with Gasteiger partial charge in [-0.2, -0.15) is 15.0 Å². The van der Waals surface area contributed by atoms with E-state index < -0.39 is 5.97 Å². The SMILES string of the molecule is CC(C)COc1ccc(C(=O)OCc2nc(N)nc(Nc3ccccc3)n2)cc1. The van der Waals surface area contributed by atoms with Crippen molar-refractivity contribution < 1.29 is 14.3 Å². The Hall–Kier alpha value is -3.68. The van der Waals surface area contributed by atoms with Crippen molar-refractivity contribution in [2.75, 3.05) is 17.7 Å². The molecule has 3 aromatic rings. The lowest BCUT2D eigenvalue weighted by Gasteiger charge is -2.10. The Morgan fingerprint density at radius 1 is 1.03 bits per heavy atom. The van der Waals surface area contributed by atoms with Crippen LogP contribution in [0.1, 0.15) is 30.0 Å². The highest BCUT2D eigenvalue weighted by atomic mass is 16.5. The zero-order chi connectivity index (χ0) is 20.6. The number of benzene rings is 2. The van der Waals surface area contributed by atoms with Gasteiger partial charge in [0.15, 0.2) is 12.4 Å². The van der Waals surface area contributed by atoms with Gasteiger partial charge >= 0.3 is 5.97 Å². The van der Waals surface area contributed by atoms with Crippen LogP contribution in [0.5, 0.6) is 5.75 Å². The third-order valence-electron chi connectivity index (χ3n) is 3.73. The number of para-hydroxylation sites is 1. The number of hydrogen-bond acceptors (Lipinski definition) is 8. The highest BCUT2D eigenvalue weighted by Crippen LogP contribution is 2.15. The van der Waals surface area contributed by atoms with Crippen molar-refractivity contribution in [1.29, 1.82) is 0 Å². The maximum absolute atomic E-state index is 12.3. The van der Waals surface area contributed by atoms with Crippen LogP contribution >= 0.6 is 0 Å². The Kier molecular flexibility index (Phi) is 6.57. The van der Waals surface area contributed by atoms with Crippen molar-refractivity contribution in [2.24, 2.45) is 5.92 Å². The fourth-order valence-corrected chi connectivity index (χ4v) is 2.37. The van der Waals surface area contributed by atoms with E-state index >= 15 is 0 Å². The van der Waals surface area contributed by atoms with Crippen LogP contribution in [0.2, 0.25) is 0 Å². The van der Waals surface area contributed by atoms with Gasteiger partial charge < -0.3 is 20.5 Å². The molecule has 0 spiro atoms. The first-order valence-corrected chi connectivity index (χ1v) is 9.22. The Morgan fingerprint density at radius 3 is 2.45 bits per heavy atom. The van der Waals surface area contributed by atoms with Gasteiger partial charge in [-0.25, -0.2) is 4.79 Å². The monoisotopic (exact) mass is 393 g/mol. The highest BCUT2D eigenvalue weighted by molar-refractivity contribution is 5.89. The minimum atomic E-state index is -0.489. The predicted molar refractivity (Wildman–Crippen MR) is 110 cm³/mol. The van der Waals surface area contributed by atoms with Crippen molar-refractivity contribution in [1.82, 2.24) is 15.0 Å². The molecule has 2 aromatic carbocycles. The Morgan fingerprint density at radius 2 is 1.76 bits per heavy atom. The fourth-order valence-electron chi connectivity index (χ4n) is 2.37. The smallest absolute Gasteiger partial charge is 0.338 e. The largest absolute Gasteiger partial charge is 0.493 e. The Bertz CT molecular complexity index is 946. The fraction of sp³-hybridized carbons (Fsp3) is 0.238. The van der Waals surface area contributed by atoms with Gasteiger partial charge in [0.2, 0.25) is 11.9 Å². The van der Waals surface area contributed by atoms with Gasteiger partial charge in [0.25, 0.3) is 0 Å². The van der Waals surface area contributed by atoms with Crippen LogP contribution < -0.4 is 15.8 Å². The first kappa shape index (κ1) is 20.1. The molecule has 0 aliphatic rings. The maximum atomic E-state index is 12.3. The van der Waals surface area contributed by atoms with E-state index in [1.54, 1.807) is 24.3 Å². The molecule has 0 aliphatic heterocycles. The minimum Gasteiger partial charge on any atom is -0.493 e. The van der Waals surface area contributed by atoms with E-state index in [1.807, 2.05) is 30.3 Å². The van der Waals surface area contributed by atoms with E-state index in [2.05, 4.69) is 34.1 Å². The number of carbonyl (C=O) groups is 1. The summed E-state index contributed by atoms with van der Waals surface area (Å²) >= 11 is 0. The summed E-state index contributed by atoms with van der Waals surface area (Å²) in [4.78, 5) is 24.6. The Labute approximate surface area is 169 Å². The van der Waals surface area contributed by atoms with E-state index in [9.17, 15) is 4.79 Å². The van der Waals surface area contributed by atoms with Crippen LogP contribution in [-0.4, -0.2) is 27.5 Å². The van der Waals surface area contributed by atoms with Gasteiger partial charge in [-0.3, -0.25) is 0 Å². The van der Waals surface area contributed by atoms with Gasteiger partial charge in [0, 0.05) is 5.69 Å². The molecule has 1 aromatic heterocycles. The summed E-state index contributed by atoms with van der Waals surface area (Å²) in [5, 5.41) is 3.03. The molecular weight excluding hydrogens is 370 g/mol. The predicted octanol–water partition coefficient (Wildman–Crippen LogP) is 3.59. The van der Waals surface area contributed by atoms with Crippen LogP contribution in [0, 0.1) is 5.92 Å². The summed E-state index contributed by atoms with van der Waals surface area (Å²) in [6.07, 6.45) is 0. The van der Waals surface area contributed by atoms with Crippen LogP contribution in [0.4, 0.5) is 17.6 Å². The van der Waals surface area contributed by atoms with Gasteiger partial charge in [0.1, 0.15) is 5.75 Å². The van der Waals surface area contributed by atoms with Gasteiger partial charge in [-0.05, 0) is 42.3 Å². The zero-order valence-electron chi connectivity index (χ0n) is 16.3. The average Bonchev–Trinajstić information content (AvgIpc) is 2.71. The molecule has 0 unspecified atom stereocenters. The number of ether oxygens (including phenoxy) is 2. The number of anilines is 3. The molecule has 0 saturated heterocycles. The molecule has 0 aliphatic carbocycles. The second-order valence-corrected chi connectivity index (χ2v) is 6.73. The first-order chi connectivity index (χ1) is 14.0. The van der Waals surface area contributed by atoms with E-state index in [0.29, 0.717) is 23.8 Å². The standard InChI is InChI=1S/C21H23N5O3/c1-14(2)12-28-17-10-8-15(9-11-17)19(27)29-13-18-24-20(22)26-21(25-18)23-16-6-4-3-5-7-16/h3-11,14H,12-13H2,1-2H3,(H3,22,23,24,25,26). The van der Waals surface area contributed by atoms with Crippen molar-refractivity contribution in [3.8, 4) is 5.75 Å². The number of nitrogens with one attached hydrogen (secondary N) is 1. The molecule has 150 valence electrons. The molecule has 0 radical (unpaired) electrons. The van der Waals surface area contributed by atoms with E-state index in [-0.39, 0.29) is 24.3 Å². The second kappa shape index (κ2) is 9.50. The number of rotatable bonds is 8. The van der Waals surface area contributed by atoms with Gasteiger partial charge in [-0.15, -0.1) is 0 Å². The quantitative estimate of drug-likeness (QED) is 0.558. The second-order valence-electron chi connectivity index (χ2n) is 6.73. The summed E-state index contributed by atoms with van der Waals surface area (Å²) in [6, 6.07) is 16.2. The summed E-state index contributed by atoms with van der Waals surface area (Å²) < 4.78 is 10.9. The molecule has 0 amide bonds. The maximum Gasteiger partial charge on any atom is 0.338 e. The minimum absolute atomic E-state index is 0.0381. The number of esters is 1. The van der Waals surface area contributed by atoms with Gasteiger partial charge in [-0.1, -0.05) is 32.0 Å². The van der Waals surface area contributed by atoms with E-state index in [1.165, 1.54) is 0 Å². The molecule has 8 nitrogen and oxygen atoms in total. The number of aromatic nitrogens is 3. The highest BCUT2D eigenvalue weighted by Gasteiger charge is 2.11. The van der Waals surface area contributed by atoms with E-state index in [0.717, 1.165) is 5.69 Å². The zero-order valence-corrected chi connectivity index (χ0v) is 16.3. The van der Waals surface area contributed by atoms with Crippen molar-refractivity contribution in [3.63, 3.8) is 0 Å². The number of carbonyl (C=O) groups excluding carboxylic acids is 1. The van der Waals surface area contributed by atoms with Crippen LogP contribution in [0.25, 0.3) is 0 Å². The summed E-state index contributed by atoms with van der Waals surface area (Å²) in [7, 11) is 0. The molecular formula is C21H23N5O3. The Balaban J connectivity index is 1.59. The van der Waals surface area contributed by atoms with Crippen molar-refractivity contribution in [2.45, 2.75) is 20.5 Å². The molecule has 29 heavy (non-hydrogen) atoms. The molecule has 0 atom stereocenters. The van der Waals surface area contributed by atoms with Crippen LogP contribution in [0.3, 0.4) is 0 Å². The van der Waals surface area contributed by atoms with E-state index in [4.69, 9.17) is 15.2 Å². The molecule has 1 heterocycles. The summed E-state index contributed by atoms with van der Waals surface area (Å²) in [5.41, 5.74) is 6.96. The van der Waals surface area contributed by atoms with Crippen molar-refractivity contribution in [3.05, 3.63) is 66.0 Å². The van der Waals surface area contributed by atoms with Crippen LogP contribution in [-0.2, 0) is 11.3 Å². The first-order valence-electron chi connectivity index (χ1n) is 9.22. The average molecular weight is 393 g/mol. The number of nitrogens with two attached hydrogens (primary N) is 1. The number of nitrogen functional groups attached to an aromatic ring is 1. The molecule has 3 rings (SSSR count). The number of nitrogens with zero attached hydrogens (tertiary/aromatic N) is 3. The summed E-state index contributed by atoms with van der Waals surface area (Å²) in [6.45, 7) is 4.63.